The summed E-state index contributed by atoms with van der Waals surface area (Å²) in [5.41, 5.74) is 3.38. The molecule has 0 bridgehead atoms. The van der Waals surface area contributed by atoms with Gasteiger partial charge in [-0.2, -0.15) is 0 Å². The van der Waals surface area contributed by atoms with E-state index in [9.17, 15) is 9.59 Å². The highest BCUT2D eigenvalue weighted by atomic mass is 35.5. The average Bonchev–Trinajstić information content (AvgIpc) is 3.13. The third-order valence-corrected chi connectivity index (χ3v) is 6.78. The Morgan fingerprint density at radius 3 is 2.52 bits per heavy atom. The first-order valence-electron chi connectivity index (χ1n) is 10.6. The standard InChI is InChI=1S/C24H28ClN5O2S/c1-14(2)21(27-23(32)17-10-6-7-11-18(17)25)22-28-29-24(30(22)5)33-13-20(31)26-19-12-8-9-15(3)16(19)4/h6-12,14,21H,13H2,1-5H3,(H,26,31)(H,27,32). The maximum Gasteiger partial charge on any atom is 0.253 e. The van der Waals surface area contributed by atoms with E-state index in [4.69, 9.17) is 11.6 Å². The van der Waals surface area contributed by atoms with Gasteiger partial charge in [-0.05, 0) is 49.1 Å². The number of amides is 2. The summed E-state index contributed by atoms with van der Waals surface area (Å²) in [5, 5.41) is 15.5. The summed E-state index contributed by atoms with van der Waals surface area (Å²) in [7, 11) is 1.83. The summed E-state index contributed by atoms with van der Waals surface area (Å²) >= 11 is 7.47. The van der Waals surface area contributed by atoms with Gasteiger partial charge >= 0.3 is 0 Å². The molecule has 1 unspecified atom stereocenters. The topological polar surface area (TPSA) is 88.9 Å². The fourth-order valence-electron chi connectivity index (χ4n) is 3.32. The number of carbonyl (C=O) groups excluding carboxylic acids is 2. The maximum absolute atomic E-state index is 12.8. The van der Waals surface area contributed by atoms with Crippen LogP contribution in [0, 0.1) is 19.8 Å². The van der Waals surface area contributed by atoms with Crippen LogP contribution in [0.3, 0.4) is 0 Å². The van der Waals surface area contributed by atoms with Crippen LogP contribution in [-0.4, -0.2) is 32.3 Å². The Bertz CT molecular complexity index is 1160. The molecule has 0 aliphatic rings. The van der Waals surface area contributed by atoms with E-state index in [1.165, 1.54) is 11.8 Å². The summed E-state index contributed by atoms with van der Waals surface area (Å²) in [6.07, 6.45) is 0. The van der Waals surface area contributed by atoms with Gasteiger partial charge in [0.15, 0.2) is 11.0 Å². The molecule has 9 heteroatoms. The van der Waals surface area contributed by atoms with Crippen LogP contribution in [0.25, 0.3) is 0 Å². The van der Waals surface area contributed by atoms with Gasteiger partial charge in [-0.3, -0.25) is 9.59 Å². The van der Waals surface area contributed by atoms with E-state index in [0.29, 0.717) is 21.6 Å². The zero-order chi connectivity index (χ0) is 24.1. The van der Waals surface area contributed by atoms with Crippen molar-refractivity contribution in [3.8, 4) is 0 Å². The Balaban J connectivity index is 1.69. The number of thioether (sulfide) groups is 1. The molecule has 1 atom stereocenters. The first-order chi connectivity index (χ1) is 15.7. The van der Waals surface area contributed by atoms with Crippen LogP contribution in [0.15, 0.2) is 47.6 Å². The van der Waals surface area contributed by atoms with E-state index in [1.807, 2.05) is 57.5 Å². The predicted octanol–water partition coefficient (Wildman–Crippen LogP) is 4.94. The zero-order valence-corrected chi connectivity index (χ0v) is 20.9. The summed E-state index contributed by atoms with van der Waals surface area (Å²) < 4.78 is 1.81. The number of aromatic nitrogens is 3. The highest BCUT2D eigenvalue weighted by Gasteiger charge is 2.26. The van der Waals surface area contributed by atoms with Crippen LogP contribution in [0.2, 0.25) is 5.02 Å². The van der Waals surface area contributed by atoms with Gasteiger partial charge < -0.3 is 15.2 Å². The Morgan fingerprint density at radius 2 is 1.82 bits per heavy atom. The lowest BCUT2D eigenvalue weighted by atomic mass is 10.0. The van der Waals surface area contributed by atoms with Crippen molar-refractivity contribution in [3.63, 3.8) is 0 Å². The van der Waals surface area contributed by atoms with E-state index in [-0.39, 0.29) is 29.5 Å². The Labute approximate surface area is 203 Å². The van der Waals surface area contributed by atoms with Crippen molar-refractivity contribution >= 4 is 40.9 Å². The molecular weight excluding hydrogens is 458 g/mol. The Morgan fingerprint density at radius 1 is 1.09 bits per heavy atom. The number of hydrogen-bond donors (Lipinski definition) is 2. The number of aryl methyl sites for hydroxylation is 1. The molecule has 0 spiro atoms. The average molecular weight is 486 g/mol. The summed E-state index contributed by atoms with van der Waals surface area (Å²) in [6.45, 7) is 7.99. The van der Waals surface area contributed by atoms with Crippen LogP contribution in [-0.2, 0) is 11.8 Å². The number of anilines is 1. The van der Waals surface area contributed by atoms with E-state index >= 15 is 0 Å². The van der Waals surface area contributed by atoms with Gasteiger partial charge in [0.25, 0.3) is 5.91 Å². The Hall–Kier alpha value is -2.84. The molecule has 0 aliphatic heterocycles. The fourth-order valence-corrected chi connectivity index (χ4v) is 4.26. The van der Waals surface area contributed by atoms with Gasteiger partial charge in [0.1, 0.15) is 0 Å². The highest BCUT2D eigenvalue weighted by molar-refractivity contribution is 7.99. The van der Waals surface area contributed by atoms with Gasteiger partial charge in [-0.1, -0.05) is 61.5 Å². The fraction of sp³-hybridized carbons (Fsp3) is 0.333. The van der Waals surface area contributed by atoms with Gasteiger partial charge in [0.2, 0.25) is 5.91 Å². The minimum atomic E-state index is -0.371. The van der Waals surface area contributed by atoms with Crippen LogP contribution in [0.5, 0.6) is 0 Å². The number of halogens is 1. The molecule has 0 saturated carbocycles. The first-order valence-corrected chi connectivity index (χ1v) is 12.0. The minimum Gasteiger partial charge on any atom is -0.342 e. The molecule has 7 nitrogen and oxygen atoms in total. The van der Waals surface area contributed by atoms with Gasteiger partial charge in [-0.15, -0.1) is 10.2 Å². The quantitative estimate of drug-likeness (QED) is 0.441. The number of carbonyl (C=O) groups is 2. The van der Waals surface area contributed by atoms with Crippen molar-refractivity contribution in [2.24, 2.45) is 13.0 Å². The van der Waals surface area contributed by atoms with E-state index < -0.39 is 0 Å². The first kappa shape index (κ1) is 24.8. The smallest absolute Gasteiger partial charge is 0.253 e. The monoisotopic (exact) mass is 485 g/mol. The van der Waals surface area contributed by atoms with Gasteiger partial charge in [0, 0.05) is 12.7 Å². The molecule has 2 aromatic carbocycles. The zero-order valence-electron chi connectivity index (χ0n) is 19.3. The molecule has 33 heavy (non-hydrogen) atoms. The van der Waals surface area contributed by atoms with Crippen molar-refractivity contribution in [1.82, 2.24) is 20.1 Å². The van der Waals surface area contributed by atoms with Crippen LogP contribution in [0.1, 0.15) is 47.2 Å². The number of benzene rings is 2. The second-order valence-corrected chi connectivity index (χ2v) is 9.51. The lowest BCUT2D eigenvalue weighted by molar-refractivity contribution is -0.113. The van der Waals surface area contributed by atoms with Crippen molar-refractivity contribution < 1.29 is 9.59 Å². The van der Waals surface area contributed by atoms with E-state index in [1.54, 1.807) is 24.3 Å². The molecule has 0 saturated heterocycles. The molecule has 1 heterocycles. The van der Waals surface area contributed by atoms with Crippen molar-refractivity contribution in [2.75, 3.05) is 11.1 Å². The van der Waals surface area contributed by atoms with Crippen molar-refractivity contribution in [1.29, 1.82) is 0 Å². The molecule has 0 radical (unpaired) electrons. The predicted molar refractivity (Wildman–Crippen MR) is 133 cm³/mol. The summed E-state index contributed by atoms with van der Waals surface area (Å²) in [4.78, 5) is 25.3. The van der Waals surface area contributed by atoms with Gasteiger partial charge in [0.05, 0.1) is 22.4 Å². The normalized spacial score (nSPS) is 12.0. The molecule has 0 aliphatic carbocycles. The highest BCUT2D eigenvalue weighted by Crippen LogP contribution is 2.26. The maximum atomic E-state index is 12.8. The van der Waals surface area contributed by atoms with Gasteiger partial charge in [-0.25, -0.2) is 0 Å². The minimum absolute atomic E-state index is 0.0600. The molecule has 2 amide bonds. The lowest BCUT2D eigenvalue weighted by Crippen LogP contribution is -2.33. The third kappa shape index (κ3) is 5.94. The number of rotatable bonds is 8. The third-order valence-electron chi connectivity index (χ3n) is 5.43. The SMILES string of the molecule is Cc1cccc(NC(=O)CSc2nnc(C(NC(=O)c3ccccc3Cl)C(C)C)n2C)c1C. The Kier molecular flexibility index (Phi) is 8.15. The molecule has 0 fully saturated rings. The number of nitrogens with zero attached hydrogens (tertiary/aromatic N) is 3. The summed E-state index contributed by atoms with van der Waals surface area (Å²) in [5.74, 6) is 0.472. The molecule has 1 aromatic heterocycles. The van der Waals surface area contributed by atoms with Crippen LogP contribution in [0.4, 0.5) is 5.69 Å². The second-order valence-electron chi connectivity index (χ2n) is 8.16. The van der Waals surface area contributed by atoms with Crippen LogP contribution >= 0.6 is 23.4 Å². The largest absolute Gasteiger partial charge is 0.342 e. The van der Waals surface area contributed by atoms with Crippen LogP contribution < -0.4 is 10.6 Å². The molecule has 2 N–H and O–H groups in total. The summed E-state index contributed by atoms with van der Waals surface area (Å²) in [6, 6.07) is 12.4. The second kappa shape index (κ2) is 10.9. The van der Waals surface area contributed by atoms with Crippen molar-refractivity contribution in [2.45, 2.75) is 38.9 Å². The number of hydrogen-bond acceptors (Lipinski definition) is 5. The van der Waals surface area contributed by atoms with E-state index in [0.717, 1.165) is 16.8 Å². The van der Waals surface area contributed by atoms with E-state index in [2.05, 4.69) is 20.8 Å². The molecule has 174 valence electrons. The lowest BCUT2D eigenvalue weighted by Gasteiger charge is -2.22. The molecular formula is C24H28ClN5O2S. The van der Waals surface area contributed by atoms with Crippen molar-refractivity contribution in [3.05, 3.63) is 70.0 Å². The molecule has 3 aromatic rings. The molecule has 3 rings (SSSR count). The number of nitrogens with one attached hydrogen (secondary N) is 2.